The number of anilines is 1. The number of morpholine rings is 1. The van der Waals surface area contributed by atoms with Gasteiger partial charge in [0.1, 0.15) is 5.82 Å². The maximum absolute atomic E-state index is 13.3. The molecule has 2 aromatic rings. The normalized spacial score (nSPS) is 21.5. The van der Waals surface area contributed by atoms with Crippen LogP contribution in [0.15, 0.2) is 47.5 Å². The van der Waals surface area contributed by atoms with Gasteiger partial charge in [0, 0.05) is 31.4 Å². The molecule has 7 heteroatoms. The molecule has 6 nitrogen and oxygen atoms in total. The van der Waals surface area contributed by atoms with Gasteiger partial charge in [0.25, 0.3) is 0 Å². The molecule has 0 saturated carbocycles. The monoisotopic (exact) mass is 387 g/mol. The van der Waals surface area contributed by atoms with Crippen LogP contribution >= 0.6 is 0 Å². The fraction of sp³-hybridized carbons (Fsp3) is 0.450. The quantitative estimate of drug-likeness (QED) is 0.807. The molecule has 1 aromatic carbocycles. The molecule has 144 valence electrons. The van der Waals surface area contributed by atoms with E-state index in [4.69, 9.17) is 4.74 Å². The van der Waals surface area contributed by atoms with E-state index in [0.29, 0.717) is 24.7 Å². The van der Waals surface area contributed by atoms with Crippen LogP contribution in [0.4, 0.5) is 5.82 Å². The summed E-state index contributed by atoms with van der Waals surface area (Å²) in [6, 6.07) is 10.8. The molecule has 2 aliphatic rings. The van der Waals surface area contributed by atoms with E-state index in [2.05, 4.69) is 9.88 Å². The highest BCUT2D eigenvalue weighted by molar-refractivity contribution is 7.89. The molecule has 2 saturated heterocycles. The van der Waals surface area contributed by atoms with E-state index >= 15 is 0 Å². The van der Waals surface area contributed by atoms with Gasteiger partial charge in [-0.25, -0.2) is 13.4 Å². The molecule has 2 fully saturated rings. The summed E-state index contributed by atoms with van der Waals surface area (Å²) in [6.45, 7) is 5.40. The minimum atomic E-state index is -3.54. The van der Waals surface area contributed by atoms with Gasteiger partial charge in [0.2, 0.25) is 10.0 Å². The van der Waals surface area contributed by atoms with Crippen molar-refractivity contribution in [2.45, 2.75) is 30.7 Å². The number of aryl methyl sites for hydroxylation is 1. The average molecular weight is 388 g/mol. The van der Waals surface area contributed by atoms with Gasteiger partial charge in [-0.2, -0.15) is 4.31 Å². The van der Waals surface area contributed by atoms with Crippen LogP contribution in [0.25, 0.3) is 0 Å². The van der Waals surface area contributed by atoms with Crippen LogP contribution in [0, 0.1) is 6.92 Å². The van der Waals surface area contributed by atoms with E-state index in [1.165, 1.54) is 0 Å². The van der Waals surface area contributed by atoms with Crippen molar-refractivity contribution in [2.24, 2.45) is 0 Å². The third-order valence-corrected chi connectivity index (χ3v) is 7.24. The third kappa shape index (κ3) is 3.59. The van der Waals surface area contributed by atoms with Crippen LogP contribution in [0.1, 0.15) is 30.0 Å². The van der Waals surface area contributed by atoms with Gasteiger partial charge in [0.05, 0.1) is 24.2 Å². The topological polar surface area (TPSA) is 62.7 Å². The Hall–Kier alpha value is -1.96. The molecule has 0 bridgehead atoms. The van der Waals surface area contributed by atoms with Gasteiger partial charge in [0.15, 0.2) is 0 Å². The SMILES string of the molecule is Cc1ccc(S(=O)(=O)N2CCC[C@@H]2c2cccnc2N2CCOCC2)cc1. The Morgan fingerprint density at radius 1 is 1.07 bits per heavy atom. The minimum Gasteiger partial charge on any atom is -0.378 e. The first kappa shape index (κ1) is 18.4. The standard InChI is InChI=1S/C20H25N3O3S/c1-16-6-8-17(9-7-16)27(24,25)23-11-3-5-19(23)18-4-2-10-21-20(18)22-12-14-26-15-13-22/h2,4,6-10,19H,3,5,11-15H2,1H3/t19-/m1/s1. The summed E-state index contributed by atoms with van der Waals surface area (Å²) in [5, 5.41) is 0. The maximum atomic E-state index is 13.3. The van der Waals surface area contributed by atoms with E-state index in [1.54, 1.807) is 22.6 Å². The van der Waals surface area contributed by atoms with Gasteiger partial charge in [-0.1, -0.05) is 23.8 Å². The molecule has 0 unspecified atom stereocenters. The number of nitrogens with zero attached hydrogens (tertiary/aromatic N) is 3. The molecule has 0 spiro atoms. The largest absolute Gasteiger partial charge is 0.378 e. The molecular weight excluding hydrogens is 362 g/mol. The van der Waals surface area contributed by atoms with Crippen LogP contribution in [0.3, 0.4) is 0 Å². The highest BCUT2D eigenvalue weighted by Crippen LogP contribution is 2.39. The molecule has 0 radical (unpaired) electrons. The molecule has 3 heterocycles. The summed E-state index contributed by atoms with van der Waals surface area (Å²) in [6.07, 6.45) is 3.45. The van der Waals surface area contributed by atoms with Crippen molar-refractivity contribution >= 4 is 15.8 Å². The van der Waals surface area contributed by atoms with Gasteiger partial charge in [-0.05, 0) is 38.0 Å². The fourth-order valence-electron chi connectivity index (χ4n) is 3.89. The summed E-state index contributed by atoms with van der Waals surface area (Å²) < 4.78 is 33.7. The highest BCUT2D eigenvalue weighted by atomic mass is 32.2. The van der Waals surface area contributed by atoms with Crippen molar-refractivity contribution in [2.75, 3.05) is 37.7 Å². The van der Waals surface area contributed by atoms with Crippen molar-refractivity contribution in [3.8, 4) is 0 Å². The number of sulfonamides is 1. The van der Waals surface area contributed by atoms with Crippen LogP contribution in [0.5, 0.6) is 0 Å². The Kier molecular flexibility index (Phi) is 5.16. The smallest absolute Gasteiger partial charge is 0.243 e. The fourth-order valence-corrected chi connectivity index (χ4v) is 5.57. The van der Waals surface area contributed by atoms with Gasteiger partial charge < -0.3 is 9.64 Å². The average Bonchev–Trinajstić information content (AvgIpc) is 3.20. The van der Waals surface area contributed by atoms with Crippen molar-refractivity contribution in [3.63, 3.8) is 0 Å². The number of hydrogen-bond acceptors (Lipinski definition) is 5. The lowest BCUT2D eigenvalue weighted by atomic mass is 10.1. The van der Waals surface area contributed by atoms with E-state index in [1.807, 2.05) is 31.2 Å². The summed E-state index contributed by atoms with van der Waals surface area (Å²) in [7, 11) is -3.54. The van der Waals surface area contributed by atoms with Crippen molar-refractivity contribution in [1.82, 2.24) is 9.29 Å². The number of benzene rings is 1. The van der Waals surface area contributed by atoms with E-state index in [0.717, 1.165) is 42.9 Å². The van der Waals surface area contributed by atoms with Gasteiger partial charge in [-0.15, -0.1) is 0 Å². The molecular formula is C20H25N3O3S. The lowest BCUT2D eigenvalue weighted by Crippen LogP contribution is -2.38. The zero-order valence-corrected chi connectivity index (χ0v) is 16.4. The Balaban J connectivity index is 1.69. The molecule has 27 heavy (non-hydrogen) atoms. The predicted octanol–water partition coefficient (Wildman–Crippen LogP) is 2.75. The second-order valence-corrected chi connectivity index (χ2v) is 8.99. The Bertz CT molecular complexity index is 893. The minimum absolute atomic E-state index is 0.178. The van der Waals surface area contributed by atoms with Gasteiger partial charge >= 0.3 is 0 Å². The molecule has 2 aliphatic heterocycles. The Morgan fingerprint density at radius 2 is 1.81 bits per heavy atom. The summed E-state index contributed by atoms with van der Waals surface area (Å²) in [4.78, 5) is 7.16. The van der Waals surface area contributed by atoms with Crippen molar-refractivity contribution in [1.29, 1.82) is 0 Å². The first-order valence-electron chi connectivity index (χ1n) is 9.43. The molecule has 0 N–H and O–H groups in total. The molecule has 1 atom stereocenters. The first-order chi connectivity index (χ1) is 13.1. The second kappa shape index (κ2) is 7.58. The highest BCUT2D eigenvalue weighted by Gasteiger charge is 2.38. The van der Waals surface area contributed by atoms with E-state index < -0.39 is 10.0 Å². The summed E-state index contributed by atoms with van der Waals surface area (Å²) >= 11 is 0. The van der Waals surface area contributed by atoms with Crippen molar-refractivity contribution in [3.05, 3.63) is 53.7 Å². The number of ether oxygens (including phenoxy) is 1. The summed E-state index contributed by atoms with van der Waals surface area (Å²) in [5.74, 6) is 0.886. The second-order valence-electron chi connectivity index (χ2n) is 7.10. The lowest BCUT2D eigenvalue weighted by Gasteiger charge is -2.32. The van der Waals surface area contributed by atoms with E-state index in [9.17, 15) is 8.42 Å². The predicted molar refractivity (Wildman–Crippen MR) is 104 cm³/mol. The third-order valence-electron chi connectivity index (χ3n) is 5.32. The zero-order chi connectivity index (χ0) is 18.9. The number of aromatic nitrogens is 1. The maximum Gasteiger partial charge on any atom is 0.243 e. The number of rotatable bonds is 4. The molecule has 0 amide bonds. The number of pyridine rings is 1. The zero-order valence-electron chi connectivity index (χ0n) is 15.5. The lowest BCUT2D eigenvalue weighted by molar-refractivity contribution is 0.122. The Labute approximate surface area is 160 Å². The van der Waals surface area contributed by atoms with Gasteiger partial charge in [-0.3, -0.25) is 0 Å². The Morgan fingerprint density at radius 3 is 2.56 bits per heavy atom. The van der Waals surface area contributed by atoms with Crippen LogP contribution in [0.2, 0.25) is 0 Å². The van der Waals surface area contributed by atoms with Crippen LogP contribution < -0.4 is 4.90 Å². The summed E-state index contributed by atoms with van der Waals surface area (Å²) in [5.41, 5.74) is 2.04. The molecule has 1 aromatic heterocycles. The van der Waals surface area contributed by atoms with E-state index in [-0.39, 0.29) is 6.04 Å². The molecule has 0 aliphatic carbocycles. The first-order valence-corrected chi connectivity index (χ1v) is 10.9. The van der Waals surface area contributed by atoms with Crippen LogP contribution in [-0.2, 0) is 14.8 Å². The number of hydrogen-bond donors (Lipinski definition) is 0. The van der Waals surface area contributed by atoms with Crippen LogP contribution in [-0.4, -0.2) is 50.6 Å². The van der Waals surface area contributed by atoms with Crippen molar-refractivity contribution < 1.29 is 13.2 Å². The molecule has 4 rings (SSSR count).